The van der Waals surface area contributed by atoms with Crippen LogP contribution in [0.1, 0.15) is 24.9 Å². The van der Waals surface area contributed by atoms with Gasteiger partial charge >= 0.3 is 0 Å². The largest absolute Gasteiger partial charge is 0.354 e. The molecule has 1 amide bonds. The Morgan fingerprint density at radius 3 is 3.17 bits per heavy atom. The van der Waals surface area contributed by atoms with Crippen LogP contribution in [-0.4, -0.2) is 37.6 Å². The minimum Gasteiger partial charge on any atom is -0.354 e. The lowest BCUT2D eigenvalue weighted by atomic mass is 10.1. The molecule has 1 aliphatic rings. The number of hydrogen-bond acceptors (Lipinski definition) is 4. The molecule has 2 N–H and O–H groups in total. The lowest BCUT2D eigenvalue weighted by Gasteiger charge is -2.21. The SMILES string of the molecule is CNC(C)c1ccnc(N2CCCNC(=O)C2)c1. The van der Waals surface area contributed by atoms with Gasteiger partial charge in [-0.1, -0.05) is 0 Å². The third kappa shape index (κ3) is 2.98. The lowest BCUT2D eigenvalue weighted by Crippen LogP contribution is -2.33. The van der Waals surface area contributed by atoms with Gasteiger partial charge in [-0.3, -0.25) is 4.79 Å². The molecule has 0 bridgehead atoms. The van der Waals surface area contributed by atoms with Crippen molar-refractivity contribution in [1.82, 2.24) is 15.6 Å². The Bertz CT molecular complexity index is 421. The first-order chi connectivity index (χ1) is 8.70. The van der Waals surface area contributed by atoms with Crippen LogP contribution in [0.3, 0.4) is 0 Å². The van der Waals surface area contributed by atoms with Crippen molar-refractivity contribution in [1.29, 1.82) is 0 Å². The number of carbonyl (C=O) groups is 1. The Hall–Kier alpha value is -1.62. The topological polar surface area (TPSA) is 57.3 Å². The Morgan fingerprint density at radius 1 is 1.56 bits per heavy atom. The number of nitrogens with one attached hydrogen (secondary N) is 2. The molecule has 5 heteroatoms. The van der Waals surface area contributed by atoms with Gasteiger partial charge in [-0.05, 0) is 38.1 Å². The molecule has 1 aromatic heterocycles. The highest BCUT2D eigenvalue weighted by Gasteiger charge is 2.16. The number of carbonyl (C=O) groups excluding carboxylic acids is 1. The number of hydrogen-bond donors (Lipinski definition) is 2. The number of anilines is 1. The molecular formula is C13H20N4O. The summed E-state index contributed by atoms with van der Waals surface area (Å²) in [6, 6.07) is 4.34. The van der Waals surface area contributed by atoms with E-state index in [0.717, 1.165) is 25.3 Å². The minimum absolute atomic E-state index is 0.0707. The zero-order valence-electron chi connectivity index (χ0n) is 10.9. The minimum atomic E-state index is 0.0707. The molecule has 0 aliphatic carbocycles. The molecule has 1 aliphatic heterocycles. The molecule has 1 aromatic rings. The predicted octanol–water partition coefficient (Wildman–Crippen LogP) is 0.688. The van der Waals surface area contributed by atoms with Gasteiger partial charge in [0.25, 0.3) is 0 Å². The summed E-state index contributed by atoms with van der Waals surface area (Å²) in [5, 5.41) is 6.08. The molecule has 1 atom stereocenters. The van der Waals surface area contributed by atoms with Crippen molar-refractivity contribution in [2.24, 2.45) is 0 Å². The van der Waals surface area contributed by atoms with E-state index in [1.54, 1.807) is 6.20 Å². The van der Waals surface area contributed by atoms with Gasteiger partial charge < -0.3 is 15.5 Å². The first kappa shape index (κ1) is 12.8. The van der Waals surface area contributed by atoms with E-state index in [1.807, 2.05) is 18.0 Å². The third-order valence-corrected chi connectivity index (χ3v) is 3.29. The molecule has 0 saturated carbocycles. The second-order valence-electron chi connectivity index (χ2n) is 4.58. The highest BCUT2D eigenvalue weighted by atomic mass is 16.2. The van der Waals surface area contributed by atoms with Crippen molar-refractivity contribution in [2.75, 3.05) is 31.6 Å². The van der Waals surface area contributed by atoms with Crippen molar-refractivity contribution in [2.45, 2.75) is 19.4 Å². The van der Waals surface area contributed by atoms with E-state index in [1.165, 1.54) is 5.56 Å². The molecular weight excluding hydrogens is 228 g/mol. The molecule has 0 aromatic carbocycles. The summed E-state index contributed by atoms with van der Waals surface area (Å²) in [5.41, 5.74) is 1.19. The number of pyridine rings is 1. The van der Waals surface area contributed by atoms with Gasteiger partial charge in [-0.25, -0.2) is 4.98 Å². The highest BCUT2D eigenvalue weighted by molar-refractivity contribution is 5.81. The third-order valence-electron chi connectivity index (χ3n) is 3.29. The van der Waals surface area contributed by atoms with Crippen LogP contribution in [0.4, 0.5) is 5.82 Å². The van der Waals surface area contributed by atoms with Gasteiger partial charge in [-0.15, -0.1) is 0 Å². The Balaban J connectivity index is 2.18. The standard InChI is InChI=1S/C13H20N4O/c1-10(14-2)11-4-6-15-12(8-11)17-7-3-5-16-13(18)9-17/h4,6,8,10,14H,3,5,7,9H2,1-2H3,(H,16,18). The van der Waals surface area contributed by atoms with Crippen molar-refractivity contribution in [3.8, 4) is 0 Å². The maximum atomic E-state index is 11.5. The smallest absolute Gasteiger partial charge is 0.239 e. The maximum Gasteiger partial charge on any atom is 0.239 e. The van der Waals surface area contributed by atoms with Gasteiger partial charge in [0.15, 0.2) is 0 Å². The lowest BCUT2D eigenvalue weighted by molar-refractivity contribution is -0.119. The summed E-state index contributed by atoms with van der Waals surface area (Å²) in [7, 11) is 1.93. The second-order valence-corrected chi connectivity index (χ2v) is 4.58. The molecule has 1 fully saturated rings. The van der Waals surface area contributed by atoms with Gasteiger partial charge in [0.1, 0.15) is 5.82 Å². The molecule has 5 nitrogen and oxygen atoms in total. The van der Waals surface area contributed by atoms with Crippen LogP contribution in [0.25, 0.3) is 0 Å². The zero-order valence-corrected chi connectivity index (χ0v) is 10.9. The Kier molecular flexibility index (Phi) is 4.15. The zero-order chi connectivity index (χ0) is 13.0. The van der Waals surface area contributed by atoms with Crippen molar-refractivity contribution in [3.05, 3.63) is 23.9 Å². The van der Waals surface area contributed by atoms with Gasteiger partial charge in [0, 0.05) is 25.3 Å². The Labute approximate surface area is 108 Å². The summed E-state index contributed by atoms with van der Waals surface area (Å²) >= 11 is 0. The van der Waals surface area contributed by atoms with E-state index in [4.69, 9.17) is 0 Å². The molecule has 2 rings (SSSR count). The first-order valence-electron chi connectivity index (χ1n) is 6.35. The predicted molar refractivity (Wildman–Crippen MR) is 71.6 cm³/mol. The summed E-state index contributed by atoms with van der Waals surface area (Å²) in [6.45, 7) is 4.11. The van der Waals surface area contributed by atoms with E-state index in [-0.39, 0.29) is 11.9 Å². The van der Waals surface area contributed by atoms with Crippen molar-refractivity contribution >= 4 is 11.7 Å². The Morgan fingerprint density at radius 2 is 2.39 bits per heavy atom. The molecule has 98 valence electrons. The fourth-order valence-corrected chi connectivity index (χ4v) is 2.04. The van der Waals surface area contributed by atoms with Crippen LogP contribution in [0.5, 0.6) is 0 Å². The normalized spacial score (nSPS) is 18.1. The summed E-state index contributed by atoms with van der Waals surface area (Å²) in [4.78, 5) is 18.0. The second kappa shape index (κ2) is 5.82. The number of rotatable bonds is 3. The number of nitrogens with zero attached hydrogens (tertiary/aromatic N) is 2. The molecule has 1 saturated heterocycles. The molecule has 0 radical (unpaired) electrons. The van der Waals surface area contributed by atoms with E-state index in [2.05, 4.69) is 28.6 Å². The average Bonchev–Trinajstić information content (AvgIpc) is 2.62. The van der Waals surface area contributed by atoms with E-state index < -0.39 is 0 Å². The number of amides is 1. The van der Waals surface area contributed by atoms with Gasteiger partial charge in [0.05, 0.1) is 6.54 Å². The van der Waals surface area contributed by atoms with Crippen molar-refractivity contribution in [3.63, 3.8) is 0 Å². The molecule has 18 heavy (non-hydrogen) atoms. The quantitative estimate of drug-likeness (QED) is 0.826. The number of aromatic nitrogens is 1. The summed E-state index contributed by atoms with van der Waals surface area (Å²) in [6.07, 6.45) is 2.76. The van der Waals surface area contributed by atoms with E-state index >= 15 is 0 Å². The van der Waals surface area contributed by atoms with Crippen molar-refractivity contribution < 1.29 is 4.79 Å². The first-order valence-corrected chi connectivity index (χ1v) is 6.35. The van der Waals surface area contributed by atoms with Gasteiger partial charge in [0.2, 0.25) is 5.91 Å². The van der Waals surface area contributed by atoms with Crippen LogP contribution in [0, 0.1) is 0 Å². The molecule has 1 unspecified atom stereocenters. The fourth-order valence-electron chi connectivity index (χ4n) is 2.04. The van der Waals surface area contributed by atoms with E-state index in [0.29, 0.717) is 6.54 Å². The molecule has 0 spiro atoms. The molecule has 2 heterocycles. The van der Waals surface area contributed by atoms with Crippen LogP contribution in [-0.2, 0) is 4.79 Å². The monoisotopic (exact) mass is 248 g/mol. The fraction of sp³-hybridized carbons (Fsp3) is 0.538. The van der Waals surface area contributed by atoms with Crippen LogP contribution in [0.15, 0.2) is 18.3 Å². The van der Waals surface area contributed by atoms with Crippen LogP contribution < -0.4 is 15.5 Å². The van der Waals surface area contributed by atoms with Gasteiger partial charge in [-0.2, -0.15) is 0 Å². The summed E-state index contributed by atoms with van der Waals surface area (Å²) < 4.78 is 0. The highest BCUT2D eigenvalue weighted by Crippen LogP contribution is 2.18. The van der Waals surface area contributed by atoms with Crippen LogP contribution >= 0.6 is 0 Å². The summed E-state index contributed by atoms with van der Waals surface area (Å²) in [5.74, 6) is 0.952. The van der Waals surface area contributed by atoms with Crippen LogP contribution in [0.2, 0.25) is 0 Å². The maximum absolute atomic E-state index is 11.5. The average molecular weight is 248 g/mol. The van der Waals surface area contributed by atoms with E-state index in [9.17, 15) is 4.79 Å².